The smallest absolute Gasteiger partial charge is 0.254 e. The van der Waals surface area contributed by atoms with Crippen LogP contribution < -0.4 is 5.73 Å². The highest BCUT2D eigenvalue weighted by Gasteiger charge is 2.13. The highest BCUT2D eigenvalue weighted by molar-refractivity contribution is 5.95. The third kappa shape index (κ3) is 2.65. The van der Waals surface area contributed by atoms with E-state index in [1.807, 2.05) is 19.1 Å². The van der Waals surface area contributed by atoms with Crippen molar-refractivity contribution in [1.82, 2.24) is 20.1 Å². The number of aromatic amines is 1. The molecule has 2 rings (SSSR count). The van der Waals surface area contributed by atoms with Gasteiger partial charge in [-0.3, -0.25) is 9.89 Å². The first-order valence-corrected chi connectivity index (χ1v) is 5.53. The number of aryl methyl sites for hydroxylation is 1. The molecule has 0 aliphatic carbocycles. The summed E-state index contributed by atoms with van der Waals surface area (Å²) in [5.41, 5.74) is 7.87. The van der Waals surface area contributed by atoms with E-state index in [1.54, 1.807) is 18.0 Å². The second-order valence-corrected chi connectivity index (χ2v) is 4.23. The fourth-order valence-corrected chi connectivity index (χ4v) is 1.76. The van der Waals surface area contributed by atoms with Crippen LogP contribution in [0, 0.1) is 6.92 Å². The van der Waals surface area contributed by atoms with Crippen LogP contribution in [0.15, 0.2) is 24.5 Å². The molecule has 0 bridgehead atoms. The van der Waals surface area contributed by atoms with Crippen LogP contribution in [0.5, 0.6) is 0 Å². The topological polar surface area (TPSA) is 87.9 Å². The van der Waals surface area contributed by atoms with Crippen molar-refractivity contribution in [3.05, 3.63) is 41.5 Å². The molecule has 0 saturated heterocycles. The number of nitrogen functional groups attached to an aromatic ring is 1. The predicted octanol–water partition coefficient (Wildman–Crippen LogP) is 0.968. The number of hydrogen-bond acceptors (Lipinski definition) is 4. The summed E-state index contributed by atoms with van der Waals surface area (Å²) in [5.74, 6) is 0.549. The standard InChI is InChI=1S/C12H15N5O/c1-8-3-9(5-10(13)4-8)12(18)17(2)6-11-14-7-15-16-11/h3-5,7H,6,13H2,1-2H3,(H,14,15,16). The maximum atomic E-state index is 12.2. The lowest BCUT2D eigenvalue weighted by molar-refractivity contribution is 0.0781. The Morgan fingerprint density at radius 3 is 2.83 bits per heavy atom. The Balaban J connectivity index is 2.15. The first kappa shape index (κ1) is 12.1. The van der Waals surface area contributed by atoms with E-state index >= 15 is 0 Å². The highest BCUT2D eigenvalue weighted by Crippen LogP contribution is 2.13. The zero-order valence-corrected chi connectivity index (χ0v) is 10.3. The summed E-state index contributed by atoms with van der Waals surface area (Å²) in [6, 6.07) is 5.31. The minimum atomic E-state index is -0.0956. The number of anilines is 1. The number of nitrogens with two attached hydrogens (primary N) is 1. The molecular weight excluding hydrogens is 230 g/mol. The number of nitrogens with one attached hydrogen (secondary N) is 1. The Morgan fingerprint density at radius 2 is 2.22 bits per heavy atom. The van der Waals surface area contributed by atoms with Gasteiger partial charge in [-0.1, -0.05) is 0 Å². The molecular formula is C12H15N5O. The van der Waals surface area contributed by atoms with Crippen LogP contribution in [0.25, 0.3) is 0 Å². The van der Waals surface area contributed by atoms with Gasteiger partial charge < -0.3 is 10.6 Å². The Kier molecular flexibility index (Phi) is 3.27. The number of aromatic nitrogens is 3. The Morgan fingerprint density at radius 1 is 1.44 bits per heavy atom. The summed E-state index contributed by atoms with van der Waals surface area (Å²) in [7, 11) is 1.71. The second kappa shape index (κ2) is 4.87. The van der Waals surface area contributed by atoms with Gasteiger partial charge in [0.25, 0.3) is 5.91 Å². The van der Waals surface area contributed by atoms with Crippen LogP contribution in [-0.2, 0) is 6.54 Å². The van der Waals surface area contributed by atoms with Crippen molar-refractivity contribution in [3.63, 3.8) is 0 Å². The van der Waals surface area contributed by atoms with Crippen LogP contribution in [0.1, 0.15) is 21.7 Å². The molecule has 0 unspecified atom stereocenters. The normalized spacial score (nSPS) is 10.3. The van der Waals surface area contributed by atoms with E-state index in [-0.39, 0.29) is 5.91 Å². The molecule has 0 radical (unpaired) electrons. The number of benzene rings is 1. The molecule has 0 atom stereocenters. The predicted molar refractivity (Wildman–Crippen MR) is 67.8 cm³/mol. The number of hydrogen-bond donors (Lipinski definition) is 2. The SMILES string of the molecule is Cc1cc(N)cc(C(=O)N(C)Cc2ncn[nH]2)c1. The largest absolute Gasteiger partial charge is 0.399 e. The molecule has 6 heteroatoms. The number of carbonyl (C=O) groups is 1. The average molecular weight is 245 g/mol. The first-order valence-electron chi connectivity index (χ1n) is 5.53. The van der Waals surface area contributed by atoms with Gasteiger partial charge in [0.2, 0.25) is 0 Å². The number of amides is 1. The molecule has 1 aromatic heterocycles. The zero-order valence-electron chi connectivity index (χ0n) is 10.3. The molecule has 18 heavy (non-hydrogen) atoms. The van der Waals surface area contributed by atoms with Crippen LogP contribution >= 0.6 is 0 Å². The Bertz CT molecular complexity index is 529. The average Bonchev–Trinajstić information content (AvgIpc) is 2.79. The van der Waals surface area contributed by atoms with Crippen LogP contribution in [-0.4, -0.2) is 33.0 Å². The van der Waals surface area contributed by atoms with Gasteiger partial charge in [-0.05, 0) is 30.7 Å². The summed E-state index contributed by atoms with van der Waals surface area (Å²) in [5, 5.41) is 6.46. The van der Waals surface area contributed by atoms with E-state index in [1.165, 1.54) is 6.33 Å². The monoisotopic (exact) mass is 245 g/mol. The number of nitrogens with zero attached hydrogens (tertiary/aromatic N) is 3. The van der Waals surface area contributed by atoms with Crippen molar-refractivity contribution in [1.29, 1.82) is 0 Å². The first-order chi connectivity index (χ1) is 8.56. The van der Waals surface area contributed by atoms with E-state index in [4.69, 9.17) is 5.73 Å². The minimum Gasteiger partial charge on any atom is -0.399 e. The summed E-state index contributed by atoms with van der Waals surface area (Å²) < 4.78 is 0. The lowest BCUT2D eigenvalue weighted by Gasteiger charge is -2.16. The van der Waals surface area contributed by atoms with Crippen LogP contribution in [0.3, 0.4) is 0 Å². The van der Waals surface area contributed by atoms with Gasteiger partial charge in [0.1, 0.15) is 12.2 Å². The highest BCUT2D eigenvalue weighted by atomic mass is 16.2. The molecule has 1 aromatic carbocycles. The van der Waals surface area contributed by atoms with E-state index < -0.39 is 0 Å². The lowest BCUT2D eigenvalue weighted by Crippen LogP contribution is -2.26. The molecule has 6 nitrogen and oxygen atoms in total. The van der Waals surface area contributed by atoms with Crippen molar-refractivity contribution in [2.75, 3.05) is 12.8 Å². The van der Waals surface area contributed by atoms with Crippen molar-refractivity contribution in [2.45, 2.75) is 13.5 Å². The van der Waals surface area contributed by atoms with Gasteiger partial charge >= 0.3 is 0 Å². The molecule has 0 saturated carbocycles. The van der Waals surface area contributed by atoms with E-state index in [0.29, 0.717) is 23.6 Å². The maximum Gasteiger partial charge on any atom is 0.254 e. The van der Waals surface area contributed by atoms with E-state index in [2.05, 4.69) is 15.2 Å². The Hall–Kier alpha value is -2.37. The van der Waals surface area contributed by atoms with Gasteiger partial charge in [0, 0.05) is 18.3 Å². The van der Waals surface area contributed by atoms with Crippen molar-refractivity contribution in [3.8, 4) is 0 Å². The van der Waals surface area contributed by atoms with Crippen molar-refractivity contribution in [2.24, 2.45) is 0 Å². The van der Waals surface area contributed by atoms with Gasteiger partial charge in [-0.25, -0.2) is 4.98 Å². The summed E-state index contributed by atoms with van der Waals surface area (Å²) in [6.45, 7) is 2.29. The molecule has 2 aromatic rings. The summed E-state index contributed by atoms with van der Waals surface area (Å²) in [4.78, 5) is 17.7. The number of rotatable bonds is 3. The molecule has 1 heterocycles. The minimum absolute atomic E-state index is 0.0956. The van der Waals surface area contributed by atoms with Gasteiger partial charge in [0.15, 0.2) is 0 Å². The number of carbonyl (C=O) groups excluding carboxylic acids is 1. The molecule has 94 valence electrons. The van der Waals surface area contributed by atoms with Crippen LogP contribution in [0.4, 0.5) is 5.69 Å². The Labute approximate surface area is 105 Å². The molecule has 0 fully saturated rings. The van der Waals surface area contributed by atoms with E-state index in [0.717, 1.165) is 5.56 Å². The van der Waals surface area contributed by atoms with Gasteiger partial charge in [-0.2, -0.15) is 5.10 Å². The fourth-order valence-electron chi connectivity index (χ4n) is 1.76. The summed E-state index contributed by atoms with van der Waals surface area (Å²) in [6.07, 6.45) is 1.41. The number of H-pyrrole nitrogens is 1. The molecule has 1 amide bonds. The third-order valence-corrected chi connectivity index (χ3v) is 2.55. The molecule has 0 aliphatic rings. The molecule has 0 spiro atoms. The maximum absolute atomic E-state index is 12.2. The summed E-state index contributed by atoms with van der Waals surface area (Å²) >= 11 is 0. The lowest BCUT2D eigenvalue weighted by atomic mass is 10.1. The molecule has 0 aliphatic heterocycles. The van der Waals surface area contributed by atoms with Crippen molar-refractivity contribution < 1.29 is 4.79 Å². The van der Waals surface area contributed by atoms with Crippen molar-refractivity contribution >= 4 is 11.6 Å². The van der Waals surface area contributed by atoms with E-state index in [9.17, 15) is 4.79 Å². The van der Waals surface area contributed by atoms with Gasteiger partial charge in [-0.15, -0.1) is 0 Å². The zero-order chi connectivity index (χ0) is 13.1. The quantitative estimate of drug-likeness (QED) is 0.788. The molecule has 3 N–H and O–H groups in total. The second-order valence-electron chi connectivity index (χ2n) is 4.23. The van der Waals surface area contributed by atoms with Crippen LogP contribution in [0.2, 0.25) is 0 Å². The fraction of sp³-hybridized carbons (Fsp3) is 0.250. The third-order valence-electron chi connectivity index (χ3n) is 2.55. The van der Waals surface area contributed by atoms with Gasteiger partial charge in [0.05, 0.1) is 6.54 Å².